The molecule has 6 nitrogen and oxygen atoms in total. The van der Waals surface area contributed by atoms with Gasteiger partial charge < -0.3 is 20.3 Å². The van der Waals surface area contributed by atoms with Crippen molar-refractivity contribution in [1.82, 2.24) is 5.32 Å². The molecule has 0 rings (SSSR count). The van der Waals surface area contributed by atoms with Crippen molar-refractivity contribution < 1.29 is 24.5 Å². The highest BCUT2D eigenvalue weighted by Gasteiger charge is 2.18. The molecule has 0 saturated heterocycles. The van der Waals surface area contributed by atoms with Crippen LogP contribution in [-0.2, 0) is 14.3 Å². The molecular formula is C59H113NO5. The maximum Gasteiger partial charge on any atom is 0.305 e. The van der Waals surface area contributed by atoms with Gasteiger partial charge in [0.15, 0.2) is 0 Å². The Balaban J connectivity index is 3.39. The number of carbonyl (C=O) groups excluding carboxylic acids is 2. The van der Waals surface area contributed by atoms with Crippen molar-refractivity contribution >= 4 is 11.9 Å². The van der Waals surface area contributed by atoms with Crippen LogP contribution in [0.3, 0.4) is 0 Å². The van der Waals surface area contributed by atoms with Gasteiger partial charge in [-0.25, -0.2) is 0 Å². The number of rotatable bonds is 54. The second-order valence-electron chi connectivity index (χ2n) is 20.0. The molecule has 0 fully saturated rings. The van der Waals surface area contributed by atoms with E-state index in [9.17, 15) is 19.8 Å². The van der Waals surface area contributed by atoms with Crippen molar-refractivity contribution in [3.05, 3.63) is 24.3 Å². The molecule has 0 heterocycles. The smallest absolute Gasteiger partial charge is 0.305 e. The van der Waals surface area contributed by atoms with E-state index in [0.29, 0.717) is 19.4 Å². The van der Waals surface area contributed by atoms with Gasteiger partial charge in [0.25, 0.3) is 0 Å². The van der Waals surface area contributed by atoms with Gasteiger partial charge in [-0.15, -0.1) is 0 Å². The Labute approximate surface area is 405 Å². The van der Waals surface area contributed by atoms with E-state index < -0.39 is 12.1 Å². The van der Waals surface area contributed by atoms with Crippen LogP contribution in [0.4, 0.5) is 0 Å². The number of hydrogen-bond acceptors (Lipinski definition) is 5. The summed E-state index contributed by atoms with van der Waals surface area (Å²) in [5, 5.41) is 23.0. The number of ether oxygens (including phenoxy) is 1. The molecule has 0 aromatic heterocycles. The quantitative estimate of drug-likeness (QED) is 0.0321. The first-order valence-corrected chi connectivity index (χ1v) is 29.1. The van der Waals surface area contributed by atoms with Crippen LogP contribution < -0.4 is 5.32 Å². The highest BCUT2D eigenvalue weighted by molar-refractivity contribution is 5.76. The Kier molecular flexibility index (Phi) is 53.5. The first-order valence-electron chi connectivity index (χ1n) is 29.1. The monoisotopic (exact) mass is 916 g/mol. The molecule has 384 valence electrons. The molecular weight excluding hydrogens is 803 g/mol. The molecule has 2 unspecified atom stereocenters. The molecule has 0 aliphatic heterocycles. The van der Waals surface area contributed by atoms with E-state index in [2.05, 4.69) is 31.3 Å². The minimum absolute atomic E-state index is 0.0127. The van der Waals surface area contributed by atoms with E-state index in [1.54, 1.807) is 6.08 Å². The van der Waals surface area contributed by atoms with Gasteiger partial charge in [-0.1, -0.05) is 269 Å². The maximum atomic E-state index is 12.4. The largest absolute Gasteiger partial charge is 0.466 e. The van der Waals surface area contributed by atoms with Crippen LogP contribution in [0, 0.1) is 0 Å². The predicted octanol–water partition coefficient (Wildman–Crippen LogP) is 17.9. The summed E-state index contributed by atoms with van der Waals surface area (Å²) < 4.78 is 5.49. The van der Waals surface area contributed by atoms with Gasteiger partial charge >= 0.3 is 5.97 Å². The van der Waals surface area contributed by atoms with Crippen molar-refractivity contribution in [3.63, 3.8) is 0 Å². The molecule has 1 amide bonds. The standard InChI is InChI=1S/C59H113NO5/c1-3-5-7-9-11-13-15-16-17-27-30-33-37-41-45-49-53-59(64)65-54-50-46-42-38-34-31-28-25-23-21-19-18-20-22-24-26-29-32-36-40-44-48-52-58(63)60-56(55-61)57(62)51-47-43-39-35-14-12-10-8-6-4-2/h20,22,47,51,56-57,61-62H,3-19,21,23-46,48-50,52-55H2,1-2H3,(H,60,63)/b22-20-,51-47+. The maximum absolute atomic E-state index is 12.4. The number of aliphatic hydroxyl groups excluding tert-OH is 2. The number of allylic oxidation sites excluding steroid dienone is 3. The summed E-state index contributed by atoms with van der Waals surface area (Å²) in [6, 6.07) is -0.631. The highest BCUT2D eigenvalue weighted by atomic mass is 16.5. The van der Waals surface area contributed by atoms with Gasteiger partial charge in [-0.3, -0.25) is 9.59 Å². The van der Waals surface area contributed by atoms with E-state index >= 15 is 0 Å². The van der Waals surface area contributed by atoms with E-state index in [4.69, 9.17) is 4.74 Å². The molecule has 0 bridgehead atoms. The number of hydrogen-bond donors (Lipinski definition) is 3. The van der Waals surface area contributed by atoms with Crippen LogP contribution in [0.25, 0.3) is 0 Å². The normalized spacial score (nSPS) is 12.7. The van der Waals surface area contributed by atoms with Gasteiger partial charge in [0, 0.05) is 12.8 Å². The average Bonchev–Trinajstić information content (AvgIpc) is 3.31. The fraction of sp³-hybridized carbons (Fsp3) is 0.898. The number of aliphatic hydroxyl groups is 2. The lowest BCUT2D eigenvalue weighted by Crippen LogP contribution is -2.45. The van der Waals surface area contributed by atoms with Crippen LogP contribution in [0.1, 0.15) is 316 Å². The second-order valence-corrected chi connectivity index (χ2v) is 20.0. The fourth-order valence-electron chi connectivity index (χ4n) is 8.98. The number of nitrogens with one attached hydrogen (secondary N) is 1. The summed E-state index contributed by atoms with van der Waals surface area (Å²) >= 11 is 0. The van der Waals surface area contributed by atoms with Gasteiger partial charge in [-0.2, -0.15) is 0 Å². The van der Waals surface area contributed by atoms with Crippen molar-refractivity contribution in [3.8, 4) is 0 Å². The number of esters is 1. The summed E-state index contributed by atoms with van der Waals surface area (Å²) in [5.41, 5.74) is 0. The minimum atomic E-state index is -0.846. The van der Waals surface area contributed by atoms with Crippen molar-refractivity contribution in [2.75, 3.05) is 13.2 Å². The summed E-state index contributed by atoms with van der Waals surface area (Å²) in [5.74, 6) is -0.0637. The molecule has 0 radical (unpaired) electrons. The Morgan fingerprint density at radius 1 is 0.415 bits per heavy atom. The lowest BCUT2D eigenvalue weighted by atomic mass is 10.0. The predicted molar refractivity (Wildman–Crippen MR) is 283 cm³/mol. The van der Waals surface area contributed by atoms with E-state index in [1.165, 1.54) is 244 Å². The van der Waals surface area contributed by atoms with Crippen LogP contribution >= 0.6 is 0 Å². The van der Waals surface area contributed by atoms with Crippen LogP contribution in [-0.4, -0.2) is 47.4 Å². The van der Waals surface area contributed by atoms with Gasteiger partial charge in [-0.05, 0) is 57.8 Å². The SMILES string of the molecule is CCCCCCCCCC/C=C/C(O)C(CO)NC(=O)CCCCCCCCC/C=C\CCCCCCCCCCCCCOC(=O)CCCCCCCCCCCCCCCCCC. The number of carbonyl (C=O) groups is 2. The Morgan fingerprint density at radius 3 is 1.09 bits per heavy atom. The molecule has 0 spiro atoms. The first kappa shape index (κ1) is 63.3. The molecule has 6 heteroatoms. The van der Waals surface area contributed by atoms with Gasteiger partial charge in [0.1, 0.15) is 0 Å². The molecule has 0 aromatic carbocycles. The van der Waals surface area contributed by atoms with E-state index in [-0.39, 0.29) is 18.5 Å². The molecule has 0 saturated carbocycles. The molecule has 0 aromatic rings. The third-order valence-corrected chi connectivity index (χ3v) is 13.5. The third-order valence-electron chi connectivity index (χ3n) is 13.5. The van der Waals surface area contributed by atoms with Crippen LogP contribution in [0.15, 0.2) is 24.3 Å². The summed E-state index contributed by atoms with van der Waals surface area (Å²) in [6.45, 7) is 4.89. The lowest BCUT2D eigenvalue weighted by Gasteiger charge is -2.20. The van der Waals surface area contributed by atoms with Crippen LogP contribution in [0.5, 0.6) is 0 Å². The minimum Gasteiger partial charge on any atom is -0.466 e. The lowest BCUT2D eigenvalue weighted by molar-refractivity contribution is -0.143. The third kappa shape index (κ3) is 51.6. The highest BCUT2D eigenvalue weighted by Crippen LogP contribution is 2.17. The Bertz CT molecular complexity index is 1010. The fourth-order valence-corrected chi connectivity index (χ4v) is 8.98. The summed E-state index contributed by atoms with van der Waals surface area (Å²) in [6.07, 6.45) is 66.4. The molecule has 0 aliphatic carbocycles. The van der Waals surface area contributed by atoms with Crippen molar-refractivity contribution in [2.24, 2.45) is 0 Å². The second kappa shape index (κ2) is 54.9. The van der Waals surface area contributed by atoms with Crippen molar-refractivity contribution in [1.29, 1.82) is 0 Å². The molecule has 2 atom stereocenters. The van der Waals surface area contributed by atoms with Crippen molar-refractivity contribution in [2.45, 2.75) is 328 Å². The topological polar surface area (TPSA) is 95.9 Å². The summed E-state index contributed by atoms with van der Waals surface area (Å²) in [4.78, 5) is 24.5. The number of amides is 1. The zero-order chi connectivity index (χ0) is 47.2. The zero-order valence-electron chi connectivity index (χ0n) is 43.7. The molecule has 65 heavy (non-hydrogen) atoms. The van der Waals surface area contributed by atoms with E-state index in [1.807, 2.05) is 6.08 Å². The van der Waals surface area contributed by atoms with Gasteiger partial charge in [0.05, 0.1) is 25.4 Å². The number of unbranched alkanes of at least 4 members (excludes halogenated alkanes) is 41. The first-order chi connectivity index (χ1) is 32.0. The molecule has 0 aliphatic rings. The van der Waals surface area contributed by atoms with Crippen LogP contribution in [0.2, 0.25) is 0 Å². The molecule has 3 N–H and O–H groups in total. The summed E-state index contributed by atoms with van der Waals surface area (Å²) in [7, 11) is 0. The van der Waals surface area contributed by atoms with E-state index in [0.717, 1.165) is 44.9 Å². The zero-order valence-corrected chi connectivity index (χ0v) is 43.7. The Morgan fingerprint density at radius 2 is 0.723 bits per heavy atom. The average molecular weight is 917 g/mol. The van der Waals surface area contributed by atoms with Gasteiger partial charge in [0.2, 0.25) is 5.91 Å². The Hall–Kier alpha value is -1.66.